The van der Waals surface area contributed by atoms with Crippen molar-refractivity contribution in [3.8, 4) is 0 Å². The molecule has 0 aliphatic heterocycles. The highest BCUT2D eigenvalue weighted by Gasteiger charge is 2.04. The van der Waals surface area contributed by atoms with Crippen molar-refractivity contribution in [2.75, 3.05) is 39.9 Å². The van der Waals surface area contributed by atoms with Crippen LogP contribution < -0.4 is 16.4 Å². The lowest BCUT2D eigenvalue weighted by Crippen LogP contribution is -2.28. The molecule has 0 fully saturated rings. The quantitative estimate of drug-likeness (QED) is 0.556. The Morgan fingerprint density at radius 1 is 1.21 bits per heavy atom. The van der Waals surface area contributed by atoms with Crippen LogP contribution in [-0.2, 0) is 11.2 Å². The average molecular weight is 265 g/mol. The molecule has 0 aliphatic rings. The van der Waals surface area contributed by atoms with Crippen LogP contribution in [0.5, 0.6) is 0 Å². The number of benzene rings is 1. The van der Waals surface area contributed by atoms with Crippen molar-refractivity contribution in [1.82, 2.24) is 10.6 Å². The van der Waals surface area contributed by atoms with E-state index in [0.29, 0.717) is 31.9 Å². The largest absolute Gasteiger partial charge is 0.378 e. The summed E-state index contributed by atoms with van der Waals surface area (Å²) in [6.07, 6.45) is 0.835. The number of carbonyl (C=O) groups is 1. The second-order valence-corrected chi connectivity index (χ2v) is 4.21. The molecule has 0 heterocycles. The highest BCUT2D eigenvalue weighted by atomic mass is 16.5. The Hall–Kier alpha value is -1.43. The molecule has 0 spiro atoms. The molecule has 1 rings (SSSR count). The third kappa shape index (κ3) is 6.33. The Bertz CT molecular complexity index is 365. The smallest absolute Gasteiger partial charge is 0.251 e. The predicted molar refractivity (Wildman–Crippen MR) is 76.3 cm³/mol. The van der Waals surface area contributed by atoms with E-state index in [1.165, 1.54) is 0 Å². The summed E-state index contributed by atoms with van der Waals surface area (Å²) in [6, 6.07) is 7.51. The average Bonchev–Trinajstić information content (AvgIpc) is 2.43. The maximum absolute atomic E-state index is 11.8. The first-order valence-electron chi connectivity index (χ1n) is 6.57. The number of hydrogen-bond donors (Lipinski definition) is 3. The number of rotatable bonds is 9. The summed E-state index contributed by atoms with van der Waals surface area (Å²) >= 11 is 0. The van der Waals surface area contributed by atoms with E-state index in [9.17, 15) is 4.79 Å². The van der Waals surface area contributed by atoms with Crippen molar-refractivity contribution in [2.24, 2.45) is 5.73 Å². The van der Waals surface area contributed by atoms with Gasteiger partial charge >= 0.3 is 0 Å². The van der Waals surface area contributed by atoms with Gasteiger partial charge in [0.25, 0.3) is 5.91 Å². The topological polar surface area (TPSA) is 76.4 Å². The van der Waals surface area contributed by atoms with Crippen molar-refractivity contribution < 1.29 is 9.53 Å². The molecule has 106 valence electrons. The summed E-state index contributed by atoms with van der Waals surface area (Å²) in [5.74, 6) is -0.0727. The minimum Gasteiger partial charge on any atom is -0.378 e. The van der Waals surface area contributed by atoms with Crippen molar-refractivity contribution in [2.45, 2.75) is 6.42 Å². The first kappa shape index (κ1) is 15.6. The van der Waals surface area contributed by atoms with E-state index in [-0.39, 0.29) is 5.91 Å². The van der Waals surface area contributed by atoms with Crippen LogP contribution in [0.3, 0.4) is 0 Å². The Kier molecular flexibility index (Phi) is 7.81. The lowest BCUT2D eigenvalue weighted by atomic mass is 10.1. The van der Waals surface area contributed by atoms with Crippen molar-refractivity contribution >= 4 is 5.91 Å². The van der Waals surface area contributed by atoms with Gasteiger partial charge in [-0.1, -0.05) is 12.1 Å². The van der Waals surface area contributed by atoms with Crippen LogP contribution in [-0.4, -0.2) is 45.8 Å². The van der Waals surface area contributed by atoms with Gasteiger partial charge in [0, 0.05) is 18.7 Å². The third-order valence-corrected chi connectivity index (χ3v) is 2.68. The van der Waals surface area contributed by atoms with Gasteiger partial charge in [0.15, 0.2) is 0 Å². The molecule has 5 nitrogen and oxygen atoms in total. The van der Waals surface area contributed by atoms with E-state index in [0.717, 1.165) is 18.5 Å². The molecule has 19 heavy (non-hydrogen) atoms. The van der Waals surface area contributed by atoms with Crippen LogP contribution >= 0.6 is 0 Å². The zero-order valence-corrected chi connectivity index (χ0v) is 11.4. The van der Waals surface area contributed by atoms with Crippen molar-refractivity contribution in [3.63, 3.8) is 0 Å². The lowest BCUT2D eigenvalue weighted by molar-refractivity contribution is 0.0917. The fraction of sp³-hybridized carbons (Fsp3) is 0.500. The summed E-state index contributed by atoms with van der Waals surface area (Å²) in [5.41, 5.74) is 7.29. The van der Waals surface area contributed by atoms with Crippen LogP contribution in [0, 0.1) is 0 Å². The van der Waals surface area contributed by atoms with E-state index >= 15 is 0 Å². The molecule has 0 atom stereocenters. The first-order chi connectivity index (χ1) is 9.27. The zero-order chi connectivity index (χ0) is 13.9. The third-order valence-electron chi connectivity index (χ3n) is 2.68. The number of amides is 1. The number of hydrogen-bond acceptors (Lipinski definition) is 4. The second kappa shape index (κ2) is 9.49. The Balaban J connectivity index is 2.25. The van der Waals surface area contributed by atoms with E-state index in [4.69, 9.17) is 10.5 Å². The maximum atomic E-state index is 11.8. The van der Waals surface area contributed by atoms with Crippen LogP contribution in [0.15, 0.2) is 24.3 Å². The van der Waals surface area contributed by atoms with E-state index in [1.54, 1.807) is 0 Å². The van der Waals surface area contributed by atoms with Gasteiger partial charge in [0.2, 0.25) is 0 Å². The van der Waals surface area contributed by atoms with Crippen LogP contribution in [0.2, 0.25) is 0 Å². The molecule has 0 saturated carbocycles. The molecule has 0 saturated heterocycles. The summed E-state index contributed by atoms with van der Waals surface area (Å²) in [5, 5.41) is 5.81. The molecular weight excluding hydrogens is 242 g/mol. The van der Waals surface area contributed by atoms with Crippen LogP contribution in [0.4, 0.5) is 0 Å². The Morgan fingerprint density at radius 2 is 1.89 bits per heavy atom. The monoisotopic (exact) mass is 265 g/mol. The predicted octanol–water partition coefficient (Wildman–Crippen LogP) is 0.154. The van der Waals surface area contributed by atoms with Gasteiger partial charge in [-0.15, -0.1) is 0 Å². The molecule has 0 aliphatic carbocycles. The molecule has 5 heteroatoms. The SMILES string of the molecule is CNCCOCCNC(=O)c1ccc(CCN)cc1. The number of carbonyl (C=O) groups excluding carboxylic acids is 1. The molecular formula is C14H23N3O2. The molecule has 1 aromatic rings. The van der Waals surface area contributed by atoms with Crippen LogP contribution in [0.1, 0.15) is 15.9 Å². The summed E-state index contributed by atoms with van der Waals surface area (Å²) in [6.45, 7) is 3.14. The fourth-order valence-electron chi connectivity index (χ4n) is 1.60. The number of nitrogens with two attached hydrogens (primary N) is 1. The second-order valence-electron chi connectivity index (χ2n) is 4.21. The summed E-state index contributed by atoms with van der Waals surface area (Å²) in [7, 11) is 1.87. The normalized spacial score (nSPS) is 10.4. The molecule has 0 aromatic heterocycles. The van der Waals surface area contributed by atoms with Crippen LogP contribution in [0.25, 0.3) is 0 Å². The molecule has 0 unspecified atom stereocenters. The Morgan fingerprint density at radius 3 is 2.53 bits per heavy atom. The number of likely N-dealkylation sites (N-methyl/N-ethyl adjacent to an activating group) is 1. The number of ether oxygens (including phenoxy) is 1. The minimum atomic E-state index is -0.0727. The fourth-order valence-corrected chi connectivity index (χ4v) is 1.60. The lowest BCUT2D eigenvalue weighted by Gasteiger charge is -2.07. The van der Waals surface area contributed by atoms with Gasteiger partial charge in [-0.25, -0.2) is 0 Å². The molecule has 1 aromatic carbocycles. The van der Waals surface area contributed by atoms with E-state index in [2.05, 4.69) is 10.6 Å². The summed E-state index contributed by atoms with van der Waals surface area (Å²) < 4.78 is 5.32. The van der Waals surface area contributed by atoms with Gasteiger partial charge in [-0.2, -0.15) is 0 Å². The van der Waals surface area contributed by atoms with E-state index < -0.39 is 0 Å². The van der Waals surface area contributed by atoms with Crippen molar-refractivity contribution in [1.29, 1.82) is 0 Å². The highest BCUT2D eigenvalue weighted by molar-refractivity contribution is 5.94. The molecule has 4 N–H and O–H groups in total. The zero-order valence-electron chi connectivity index (χ0n) is 11.4. The van der Waals surface area contributed by atoms with Gasteiger partial charge in [-0.05, 0) is 37.7 Å². The van der Waals surface area contributed by atoms with Crippen molar-refractivity contribution in [3.05, 3.63) is 35.4 Å². The number of nitrogens with one attached hydrogen (secondary N) is 2. The molecule has 0 radical (unpaired) electrons. The van der Waals surface area contributed by atoms with Gasteiger partial charge in [-0.3, -0.25) is 4.79 Å². The molecule has 0 bridgehead atoms. The van der Waals surface area contributed by atoms with Gasteiger partial charge < -0.3 is 21.1 Å². The van der Waals surface area contributed by atoms with Gasteiger partial charge in [0.1, 0.15) is 0 Å². The minimum absolute atomic E-state index is 0.0727. The standard InChI is InChI=1S/C14H23N3O2/c1-16-8-10-19-11-9-17-14(18)13-4-2-12(3-5-13)6-7-15/h2-5,16H,6-11,15H2,1H3,(H,17,18). The maximum Gasteiger partial charge on any atom is 0.251 e. The first-order valence-corrected chi connectivity index (χ1v) is 6.57. The summed E-state index contributed by atoms with van der Waals surface area (Å²) in [4.78, 5) is 11.8. The van der Waals surface area contributed by atoms with E-state index in [1.807, 2.05) is 31.3 Å². The van der Waals surface area contributed by atoms with Gasteiger partial charge in [0.05, 0.1) is 13.2 Å². The Labute approximate surface area is 114 Å². The molecule has 1 amide bonds. The highest BCUT2D eigenvalue weighted by Crippen LogP contribution is 2.04.